The number of fused-ring (bicyclic) bond motifs is 1. The molecule has 1 aliphatic rings. The third-order valence-electron chi connectivity index (χ3n) is 4.16. The van der Waals surface area contributed by atoms with Crippen LogP contribution < -0.4 is 15.4 Å². The highest BCUT2D eigenvalue weighted by Gasteiger charge is 2.31. The molecule has 2 aromatic rings. The van der Waals surface area contributed by atoms with Gasteiger partial charge in [-0.05, 0) is 29.7 Å². The van der Waals surface area contributed by atoms with Gasteiger partial charge in [-0.2, -0.15) is 0 Å². The normalized spacial score (nSPS) is 20.6. The highest BCUT2D eigenvalue weighted by atomic mass is 16.5. The van der Waals surface area contributed by atoms with Gasteiger partial charge in [0.25, 0.3) is 0 Å². The molecule has 3 heteroatoms. The Morgan fingerprint density at radius 2 is 1.85 bits per heavy atom. The maximum Gasteiger partial charge on any atom is 0.120 e. The number of nitrogens with two attached hydrogens (primary N) is 1. The first-order chi connectivity index (χ1) is 9.70. The van der Waals surface area contributed by atoms with Gasteiger partial charge < -0.3 is 15.4 Å². The molecule has 2 unspecified atom stereocenters. The van der Waals surface area contributed by atoms with Gasteiger partial charge in [-0.25, -0.2) is 0 Å². The van der Waals surface area contributed by atoms with Crippen LogP contribution in [-0.4, -0.2) is 14.2 Å². The summed E-state index contributed by atoms with van der Waals surface area (Å²) in [5.74, 6) is 0.880. The fourth-order valence-electron chi connectivity index (χ4n) is 3.02. The Labute approximate surface area is 120 Å². The van der Waals surface area contributed by atoms with Crippen molar-refractivity contribution in [1.29, 1.82) is 0 Å². The summed E-state index contributed by atoms with van der Waals surface area (Å²) in [6, 6.07) is 17.1. The monoisotopic (exact) mass is 268 g/mol. The number of nitrogens with zero attached hydrogens (tertiary/aromatic N) is 1. The minimum Gasteiger partial charge on any atom is -0.497 e. The van der Waals surface area contributed by atoms with Crippen molar-refractivity contribution in [3.8, 4) is 5.75 Å². The van der Waals surface area contributed by atoms with Crippen LogP contribution in [0.5, 0.6) is 5.75 Å². The number of ether oxygens (including phenoxy) is 1. The highest BCUT2D eigenvalue weighted by molar-refractivity contribution is 5.54. The van der Waals surface area contributed by atoms with Crippen molar-refractivity contribution in [1.82, 2.24) is 0 Å². The summed E-state index contributed by atoms with van der Waals surface area (Å²) in [5.41, 5.74) is 10.0. The predicted octanol–water partition coefficient (Wildman–Crippen LogP) is 3.28. The summed E-state index contributed by atoms with van der Waals surface area (Å²) in [7, 11) is 3.81. The van der Waals surface area contributed by atoms with Crippen molar-refractivity contribution in [2.24, 2.45) is 5.73 Å². The van der Waals surface area contributed by atoms with Crippen LogP contribution in [0, 0.1) is 0 Å². The van der Waals surface area contributed by atoms with E-state index < -0.39 is 0 Å². The number of hydrogen-bond donors (Lipinski definition) is 1. The Balaban J connectivity index is 1.93. The van der Waals surface area contributed by atoms with Crippen LogP contribution in [0.2, 0.25) is 0 Å². The molecule has 0 spiro atoms. The van der Waals surface area contributed by atoms with Crippen molar-refractivity contribution < 1.29 is 4.74 Å². The highest BCUT2D eigenvalue weighted by Crippen LogP contribution is 2.42. The lowest BCUT2D eigenvalue weighted by Gasteiger charge is -2.28. The van der Waals surface area contributed by atoms with Crippen molar-refractivity contribution in [2.75, 3.05) is 19.1 Å². The van der Waals surface area contributed by atoms with E-state index in [1.807, 2.05) is 12.1 Å². The van der Waals surface area contributed by atoms with Crippen LogP contribution in [0.3, 0.4) is 0 Å². The first-order valence-electron chi connectivity index (χ1n) is 6.92. The largest absolute Gasteiger partial charge is 0.497 e. The van der Waals surface area contributed by atoms with E-state index in [1.165, 1.54) is 11.1 Å². The Bertz CT molecular complexity index is 611. The summed E-state index contributed by atoms with van der Waals surface area (Å²) >= 11 is 0. The predicted molar refractivity (Wildman–Crippen MR) is 82.1 cm³/mol. The standard InChI is InChI=1S/C17H20N2O/c1-19(12-6-5-7-13(10-12)20-2)17-11-16(18)14-8-3-4-9-15(14)17/h3-10,16-17H,11,18H2,1-2H3. The molecule has 20 heavy (non-hydrogen) atoms. The van der Waals surface area contributed by atoms with Crippen LogP contribution in [0.25, 0.3) is 0 Å². The number of benzene rings is 2. The zero-order chi connectivity index (χ0) is 14.1. The molecule has 0 amide bonds. The smallest absolute Gasteiger partial charge is 0.120 e. The molecule has 0 aliphatic heterocycles. The lowest BCUT2D eigenvalue weighted by Crippen LogP contribution is -2.22. The maximum atomic E-state index is 6.26. The van der Waals surface area contributed by atoms with Gasteiger partial charge in [0.05, 0.1) is 13.2 Å². The lowest BCUT2D eigenvalue weighted by molar-refractivity contribution is 0.414. The van der Waals surface area contributed by atoms with Crippen molar-refractivity contribution in [2.45, 2.75) is 18.5 Å². The molecule has 0 saturated heterocycles. The molecule has 3 nitrogen and oxygen atoms in total. The van der Waals surface area contributed by atoms with Gasteiger partial charge in [0.2, 0.25) is 0 Å². The molecule has 0 heterocycles. The lowest BCUT2D eigenvalue weighted by atomic mass is 10.1. The average molecular weight is 268 g/mol. The van der Waals surface area contributed by atoms with E-state index in [0.717, 1.165) is 17.9 Å². The minimum absolute atomic E-state index is 0.129. The van der Waals surface area contributed by atoms with Gasteiger partial charge in [0.15, 0.2) is 0 Å². The van der Waals surface area contributed by atoms with E-state index >= 15 is 0 Å². The fraction of sp³-hybridized carbons (Fsp3) is 0.294. The van der Waals surface area contributed by atoms with E-state index in [-0.39, 0.29) is 6.04 Å². The average Bonchev–Trinajstić information content (AvgIpc) is 2.84. The zero-order valence-electron chi connectivity index (χ0n) is 11.9. The number of anilines is 1. The van der Waals surface area contributed by atoms with Gasteiger partial charge >= 0.3 is 0 Å². The second kappa shape index (κ2) is 5.17. The van der Waals surface area contributed by atoms with Crippen LogP contribution in [0.4, 0.5) is 5.69 Å². The molecule has 2 aromatic carbocycles. The summed E-state index contributed by atoms with van der Waals surface area (Å²) in [5, 5.41) is 0. The molecule has 2 N–H and O–H groups in total. The second-order valence-corrected chi connectivity index (χ2v) is 5.30. The van der Waals surface area contributed by atoms with Crippen LogP contribution in [0.1, 0.15) is 29.6 Å². The third kappa shape index (κ3) is 2.14. The number of methoxy groups -OCH3 is 1. The van der Waals surface area contributed by atoms with Gasteiger partial charge in [0.1, 0.15) is 5.75 Å². The van der Waals surface area contributed by atoms with Gasteiger partial charge in [-0.3, -0.25) is 0 Å². The Hall–Kier alpha value is -2.00. The van der Waals surface area contributed by atoms with E-state index in [1.54, 1.807) is 7.11 Å². The van der Waals surface area contributed by atoms with E-state index in [0.29, 0.717) is 6.04 Å². The molecule has 0 bridgehead atoms. The van der Waals surface area contributed by atoms with Gasteiger partial charge in [-0.15, -0.1) is 0 Å². The number of hydrogen-bond acceptors (Lipinski definition) is 3. The maximum absolute atomic E-state index is 6.26. The SMILES string of the molecule is COc1cccc(N(C)C2CC(N)c3ccccc32)c1. The molecule has 104 valence electrons. The van der Waals surface area contributed by atoms with E-state index in [9.17, 15) is 0 Å². The summed E-state index contributed by atoms with van der Waals surface area (Å²) in [6.07, 6.45) is 0.951. The van der Waals surface area contributed by atoms with Crippen LogP contribution >= 0.6 is 0 Å². The summed E-state index contributed by atoms with van der Waals surface area (Å²) in [4.78, 5) is 2.29. The van der Waals surface area contributed by atoms with E-state index in [4.69, 9.17) is 10.5 Å². The van der Waals surface area contributed by atoms with Gasteiger partial charge in [0, 0.05) is 24.8 Å². The second-order valence-electron chi connectivity index (χ2n) is 5.30. The molecular weight excluding hydrogens is 248 g/mol. The van der Waals surface area contributed by atoms with Crippen LogP contribution in [-0.2, 0) is 0 Å². The first-order valence-corrected chi connectivity index (χ1v) is 6.92. The van der Waals surface area contributed by atoms with Crippen LogP contribution in [0.15, 0.2) is 48.5 Å². The topological polar surface area (TPSA) is 38.5 Å². The zero-order valence-corrected chi connectivity index (χ0v) is 11.9. The van der Waals surface area contributed by atoms with E-state index in [2.05, 4.69) is 48.3 Å². The van der Waals surface area contributed by atoms with Crippen molar-refractivity contribution in [3.05, 3.63) is 59.7 Å². The van der Waals surface area contributed by atoms with Gasteiger partial charge in [-0.1, -0.05) is 30.3 Å². The minimum atomic E-state index is 0.129. The molecule has 0 radical (unpaired) electrons. The molecule has 0 aromatic heterocycles. The number of rotatable bonds is 3. The molecule has 0 fully saturated rings. The molecule has 3 rings (SSSR count). The Morgan fingerprint density at radius 1 is 1.10 bits per heavy atom. The summed E-state index contributed by atoms with van der Waals surface area (Å²) in [6.45, 7) is 0. The quantitative estimate of drug-likeness (QED) is 0.928. The molecule has 2 atom stereocenters. The fourth-order valence-corrected chi connectivity index (χ4v) is 3.02. The summed E-state index contributed by atoms with van der Waals surface area (Å²) < 4.78 is 5.31. The Kier molecular flexibility index (Phi) is 3.36. The Morgan fingerprint density at radius 3 is 2.60 bits per heavy atom. The van der Waals surface area contributed by atoms with Crippen molar-refractivity contribution in [3.63, 3.8) is 0 Å². The third-order valence-corrected chi connectivity index (χ3v) is 4.16. The molecule has 1 aliphatic carbocycles. The molecular formula is C17H20N2O. The first kappa shape index (κ1) is 13.0. The molecule has 0 saturated carbocycles. The van der Waals surface area contributed by atoms with Crippen molar-refractivity contribution >= 4 is 5.69 Å².